The maximum absolute atomic E-state index is 14.2. The number of ether oxygens (including phenoxy) is 6. The van der Waals surface area contributed by atoms with Gasteiger partial charge < -0.3 is 28.4 Å². The van der Waals surface area contributed by atoms with Crippen LogP contribution in [0.5, 0.6) is 23.0 Å². The van der Waals surface area contributed by atoms with Crippen molar-refractivity contribution in [2.75, 3.05) is 41.7 Å². The van der Waals surface area contributed by atoms with Gasteiger partial charge in [0.15, 0.2) is 0 Å². The Kier molecular flexibility index (Phi) is 11.1. The van der Waals surface area contributed by atoms with Gasteiger partial charge in [-0.3, -0.25) is 9.35 Å². The van der Waals surface area contributed by atoms with Gasteiger partial charge in [-0.2, -0.15) is 0 Å². The minimum atomic E-state index is -0.480. The first-order chi connectivity index (χ1) is 26.2. The van der Waals surface area contributed by atoms with E-state index >= 15 is 0 Å². The van der Waals surface area contributed by atoms with E-state index < -0.39 is 11.9 Å². The van der Waals surface area contributed by atoms with Crippen molar-refractivity contribution in [1.29, 1.82) is 0 Å². The lowest BCUT2D eigenvalue weighted by Crippen LogP contribution is -2.17. The van der Waals surface area contributed by atoms with Crippen molar-refractivity contribution in [3.8, 4) is 67.8 Å². The van der Waals surface area contributed by atoms with Crippen LogP contribution in [0.4, 0.5) is 0 Å². The van der Waals surface area contributed by atoms with E-state index in [0.29, 0.717) is 68.0 Å². The highest BCUT2D eigenvalue weighted by Gasteiger charge is 2.34. The number of esters is 2. The predicted molar refractivity (Wildman–Crippen MR) is 209 cm³/mol. The van der Waals surface area contributed by atoms with Crippen LogP contribution in [0.15, 0.2) is 97.1 Å². The highest BCUT2D eigenvalue weighted by atomic mass is 16.5. The lowest BCUT2D eigenvalue weighted by molar-refractivity contribution is 0.0515. The van der Waals surface area contributed by atoms with Crippen LogP contribution in [0.25, 0.3) is 44.8 Å². The lowest BCUT2D eigenvalue weighted by Gasteiger charge is -2.21. The maximum atomic E-state index is 14.2. The van der Waals surface area contributed by atoms with Gasteiger partial charge in [-0.05, 0) is 112 Å². The first kappa shape index (κ1) is 37.3. The Morgan fingerprint density at radius 3 is 0.944 bits per heavy atom. The van der Waals surface area contributed by atoms with Crippen LogP contribution in [-0.4, -0.2) is 62.9 Å². The zero-order chi connectivity index (χ0) is 38.5. The Labute approximate surface area is 315 Å². The van der Waals surface area contributed by atoms with Crippen molar-refractivity contribution < 1.29 is 38.0 Å². The third kappa shape index (κ3) is 6.78. The van der Waals surface area contributed by atoms with E-state index in [1.165, 1.54) is 0 Å². The minimum absolute atomic E-state index is 0.178. The summed E-state index contributed by atoms with van der Waals surface area (Å²) in [6.07, 6.45) is 0. The summed E-state index contributed by atoms with van der Waals surface area (Å²) in [6, 6.07) is 30.5. The summed E-state index contributed by atoms with van der Waals surface area (Å²) < 4.78 is 37.6. The fourth-order valence-corrected chi connectivity index (χ4v) is 6.87. The smallest absolute Gasteiger partial charge is 0.340 e. The third-order valence-corrected chi connectivity index (χ3v) is 9.40. The number of methoxy groups -OCH3 is 4. The fourth-order valence-electron chi connectivity index (χ4n) is 6.87. The molecule has 10 nitrogen and oxygen atoms in total. The van der Waals surface area contributed by atoms with Crippen molar-refractivity contribution >= 4 is 11.9 Å². The van der Waals surface area contributed by atoms with Gasteiger partial charge in [0, 0.05) is 22.3 Å². The van der Waals surface area contributed by atoms with Crippen LogP contribution >= 0.6 is 0 Å². The summed E-state index contributed by atoms with van der Waals surface area (Å²) >= 11 is 0. The van der Waals surface area contributed by atoms with Crippen LogP contribution in [-0.2, 0) is 9.47 Å². The van der Waals surface area contributed by atoms with Crippen molar-refractivity contribution in [3.05, 3.63) is 120 Å². The molecule has 0 saturated heterocycles. The molecule has 0 aliphatic heterocycles. The number of nitrogens with zero attached hydrogens (tertiary/aromatic N) is 2. The van der Waals surface area contributed by atoms with E-state index in [9.17, 15) is 9.59 Å². The monoisotopic (exact) mass is 728 g/mol. The molecule has 0 aliphatic rings. The molecule has 0 unspecified atom stereocenters. The van der Waals surface area contributed by atoms with Gasteiger partial charge in [0.25, 0.3) is 0 Å². The number of carbonyl (C=O) groups is 2. The molecule has 0 saturated carbocycles. The molecule has 0 bridgehead atoms. The van der Waals surface area contributed by atoms with Crippen molar-refractivity contribution in [1.82, 2.24) is 9.35 Å². The molecule has 10 heteroatoms. The normalized spacial score (nSPS) is 10.9. The molecule has 2 heterocycles. The highest BCUT2D eigenvalue weighted by molar-refractivity contribution is 6.06. The van der Waals surface area contributed by atoms with Crippen LogP contribution < -0.4 is 18.9 Å². The molecule has 4 aromatic carbocycles. The molecule has 6 aromatic rings. The SMILES string of the molecule is CCOC(=O)c1c(-c2ccc(OC)cc2)c(-c2ccc(OC)cc2)n(-n2c(C)c(C(=O)OCC)c(-c3ccc(OC)cc3)c2-c2ccc(OC)cc2)c1C. The van der Waals surface area contributed by atoms with E-state index in [2.05, 4.69) is 0 Å². The number of hydrogen-bond acceptors (Lipinski definition) is 8. The average molecular weight is 729 g/mol. The summed E-state index contributed by atoms with van der Waals surface area (Å²) in [7, 11) is 6.45. The second kappa shape index (κ2) is 16.1. The van der Waals surface area contributed by atoms with Gasteiger partial charge in [-0.1, -0.05) is 24.3 Å². The zero-order valence-corrected chi connectivity index (χ0v) is 31.8. The minimum Gasteiger partial charge on any atom is -0.497 e. The van der Waals surface area contributed by atoms with Crippen molar-refractivity contribution in [3.63, 3.8) is 0 Å². The van der Waals surface area contributed by atoms with Crippen LogP contribution in [0, 0.1) is 13.8 Å². The Morgan fingerprint density at radius 2 is 0.704 bits per heavy atom. The van der Waals surface area contributed by atoms with E-state index in [0.717, 1.165) is 22.3 Å². The van der Waals surface area contributed by atoms with E-state index in [4.69, 9.17) is 28.4 Å². The summed E-state index contributed by atoms with van der Waals surface area (Å²) in [5.74, 6) is 1.73. The summed E-state index contributed by atoms with van der Waals surface area (Å²) in [5, 5.41) is 0. The number of hydrogen-bond donors (Lipinski definition) is 0. The third-order valence-electron chi connectivity index (χ3n) is 9.40. The molecule has 6 rings (SSSR count). The van der Waals surface area contributed by atoms with Gasteiger partial charge >= 0.3 is 11.9 Å². The summed E-state index contributed by atoms with van der Waals surface area (Å²) in [6.45, 7) is 7.70. The maximum Gasteiger partial charge on any atom is 0.340 e. The molecule has 0 radical (unpaired) electrons. The second-order valence-corrected chi connectivity index (χ2v) is 12.3. The van der Waals surface area contributed by atoms with Crippen molar-refractivity contribution in [2.45, 2.75) is 27.7 Å². The van der Waals surface area contributed by atoms with Crippen LogP contribution in [0.3, 0.4) is 0 Å². The molecule has 0 fully saturated rings. The highest BCUT2D eigenvalue weighted by Crippen LogP contribution is 2.46. The quantitative estimate of drug-likeness (QED) is 0.109. The molecular weight excluding hydrogens is 684 g/mol. The molecule has 0 atom stereocenters. The predicted octanol–water partition coefficient (Wildman–Crippen LogP) is 9.27. The number of carbonyl (C=O) groups excluding carboxylic acids is 2. The number of aromatic nitrogens is 2. The Morgan fingerprint density at radius 1 is 0.444 bits per heavy atom. The standard InChI is InChI=1S/C44H44N2O8/c1-9-53-43(47)37-27(3)45(41(31-15-23-35(51-7)24-16-31)39(37)29-11-19-33(49-5)20-12-29)46-28(4)38(44(48)54-10-2)40(30-13-21-34(50-6)22-14-30)42(46)32-17-25-36(52-8)26-18-32/h11-26H,9-10H2,1-8H3. The van der Waals surface area contributed by atoms with Gasteiger partial charge in [-0.15, -0.1) is 0 Å². The Hall–Kier alpha value is -6.42. The first-order valence-electron chi connectivity index (χ1n) is 17.6. The Balaban J connectivity index is 1.85. The van der Waals surface area contributed by atoms with E-state index in [-0.39, 0.29) is 13.2 Å². The lowest BCUT2D eigenvalue weighted by atomic mass is 9.96. The van der Waals surface area contributed by atoms with E-state index in [1.54, 1.807) is 42.3 Å². The van der Waals surface area contributed by atoms with Gasteiger partial charge in [0.2, 0.25) is 0 Å². The molecule has 54 heavy (non-hydrogen) atoms. The number of benzene rings is 4. The van der Waals surface area contributed by atoms with Crippen molar-refractivity contribution in [2.24, 2.45) is 0 Å². The zero-order valence-electron chi connectivity index (χ0n) is 31.8. The van der Waals surface area contributed by atoms with Crippen LogP contribution in [0.1, 0.15) is 46.0 Å². The average Bonchev–Trinajstić information content (AvgIpc) is 3.68. The van der Waals surface area contributed by atoms with Crippen LogP contribution in [0.2, 0.25) is 0 Å². The molecular formula is C44H44N2O8. The largest absolute Gasteiger partial charge is 0.497 e. The first-order valence-corrected chi connectivity index (χ1v) is 17.6. The molecule has 0 amide bonds. The molecule has 0 aliphatic carbocycles. The summed E-state index contributed by atoms with van der Waals surface area (Å²) in [5.41, 5.74) is 7.73. The summed E-state index contributed by atoms with van der Waals surface area (Å²) in [4.78, 5) is 28.4. The van der Waals surface area contributed by atoms with Gasteiger partial charge in [0.05, 0.1) is 75.6 Å². The molecule has 0 spiro atoms. The van der Waals surface area contributed by atoms with E-state index in [1.807, 2.05) is 120 Å². The topological polar surface area (TPSA) is 99.4 Å². The molecule has 2 aromatic heterocycles. The second-order valence-electron chi connectivity index (χ2n) is 12.3. The number of rotatable bonds is 13. The molecule has 0 N–H and O–H groups in total. The van der Waals surface area contributed by atoms with Gasteiger partial charge in [-0.25, -0.2) is 9.59 Å². The molecule has 278 valence electrons. The fraction of sp³-hybridized carbons (Fsp3) is 0.227. The Bertz CT molecular complexity index is 2100. The van der Waals surface area contributed by atoms with Gasteiger partial charge in [0.1, 0.15) is 23.0 Å².